The maximum absolute atomic E-state index is 10.9. The number of hydrogen-bond acceptors (Lipinski definition) is 17. The molecule has 8 N–H and O–H groups in total. The summed E-state index contributed by atoms with van der Waals surface area (Å²) in [6.07, 6.45) is 0. The number of hydrogen-bond donors (Lipinski definition) is 7. The van der Waals surface area contributed by atoms with Gasteiger partial charge in [-0.05, 0) is 83.9 Å². The average Bonchev–Trinajstić information content (AvgIpc) is 4.09. The van der Waals surface area contributed by atoms with Crippen molar-refractivity contribution in [3.8, 4) is 69.0 Å². The van der Waals surface area contributed by atoms with E-state index in [0.717, 1.165) is 51.3 Å². The van der Waals surface area contributed by atoms with Crippen LogP contribution < -0.4 is 54.3 Å². The number of nitrogen functional groups attached to an aromatic ring is 1. The fourth-order valence-corrected chi connectivity index (χ4v) is 6.49. The average molecular weight is 876 g/mol. The van der Waals surface area contributed by atoms with Crippen molar-refractivity contribution in [3.63, 3.8) is 0 Å². The molecule has 61 heavy (non-hydrogen) atoms. The van der Waals surface area contributed by atoms with Gasteiger partial charge in [0.15, 0.2) is 69.0 Å². The summed E-state index contributed by atoms with van der Waals surface area (Å²) < 4.78 is 63.2. The largest absolute Gasteiger partial charge is 0.504 e. The number of halogens is 1. The molecular weight excluding hydrogens is 838 g/mol. The lowest BCUT2D eigenvalue weighted by molar-refractivity contribution is 0.173. The Hall–Kier alpha value is -7.44. The molecule has 0 fully saturated rings. The summed E-state index contributed by atoms with van der Waals surface area (Å²) in [5, 5.41) is 43.3. The molecule has 0 saturated carbocycles. The number of ether oxygens (including phenoxy) is 8. The summed E-state index contributed by atoms with van der Waals surface area (Å²) in [4.78, 5) is 0.0124. The summed E-state index contributed by atoms with van der Waals surface area (Å²) in [6, 6.07) is 30.2. The first-order chi connectivity index (χ1) is 29.4. The van der Waals surface area contributed by atoms with Gasteiger partial charge in [-0.1, -0.05) is 12.1 Å². The maximum Gasteiger partial charge on any atom is 0.261 e. The van der Waals surface area contributed by atoms with E-state index in [2.05, 4.69) is 10.6 Å². The van der Waals surface area contributed by atoms with E-state index < -0.39 is 9.05 Å². The van der Waals surface area contributed by atoms with Crippen LogP contribution in [0.25, 0.3) is 0 Å². The van der Waals surface area contributed by atoms with E-state index >= 15 is 0 Å². The Morgan fingerprint density at radius 3 is 1.44 bits per heavy atom. The molecule has 0 aromatic heterocycles. The van der Waals surface area contributed by atoms with Crippen LogP contribution in [-0.2, 0) is 22.1 Å². The number of fused-ring (bicyclic) bond motifs is 4. The van der Waals surface area contributed by atoms with E-state index in [9.17, 15) is 18.6 Å². The van der Waals surface area contributed by atoms with Crippen LogP contribution in [0.3, 0.4) is 0 Å². The molecule has 0 amide bonds. The van der Waals surface area contributed by atoms with E-state index in [1.54, 1.807) is 30.3 Å². The van der Waals surface area contributed by atoms with Crippen LogP contribution in [0.4, 0.5) is 17.1 Å². The van der Waals surface area contributed by atoms with Crippen LogP contribution in [0.1, 0.15) is 11.1 Å². The van der Waals surface area contributed by atoms with Gasteiger partial charge in [-0.15, -0.1) is 0 Å². The normalized spacial score (nSPS) is 13.1. The number of nitrogens with one attached hydrogen (secondary N) is 2. The van der Waals surface area contributed by atoms with Crippen molar-refractivity contribution in [2.24, 2.45) is 0 Å². The highest BCUT2D eigenvalue weighted by atomic mass is 35.7. The van der Waals surface area contributed by atoms with E-state index in [-0.39, 0.29) is 34.7 Å². The van der Waals surface area contributed by atoms with Gasteiger partial charge in [0.05, 0.1) is 4.90 Å². The minimum Gasteiger partial charge on any atom is -0.504 e. The van der Waals surface area contributed by atoms with Crippen LogP contribution in [-0.4, -0.2) is 56.0 Å². The zero-order valence-electron chi connectivity index (χ0n) is 31.9. The zero-order chi connectivity index (χ0) is 42.9. The first-order valence-electron chi connectivity index (χ1n) is 18.2. The standard InChI is InChI=1S/C15H13NO4.C13H13NO4.C7H5ClO4S.C7H7NO2/c1-3-12-14(19-8-17-12)5-10(1)7-16-11-2-4-13-15(6-11)20-9-18-13;15-10-3-1-8(5-12(10)17)7-14-9-2-4-11(16)13(18)6-9;8-13(9,10)5-1-2-6-7(3-5)12-4-11-6;8-5-1-2-6-7(3-5)10-4-9-6/h1-6,16H,7-9H2;1-6,14-18H,7H2;1-3H,4H2;1-3H,4,8H2. The Morgan fingerprint density at radius 1 is 0.459 bits per heavy atom. The summed E-state index contributed by atoms with van der Waals surface area (Å²) >= 11 is 0. The highest BCUT2D eigenvalue weighted by molar-refractivity contribution is 8.13. The molecule has 17 nitrogen and oxygen atoms in total. The van der Waals surface area contributed by atoms with Crippen LogP contribution in [0.15, 0.2) is 114 Å². The van der Waals surface area contributed by atoms with Crippen molar-refractivity contribution in [1.82, 2.24) is 0 Å². The third-order valence-electron chi connectivity index (χ3n) is 8.84. The number of aromatic hydroxyl groups is 4. The minimum absolute atomic E-state index is 0.0124. The monoisotopic (exact) mass is 875 g/mol. The number of nitrogens with two attached hydrogens (primary N) is 1. The smallest absolute Gasteiger partial charge is 0.261 e. The Kier molecular flexibility index (Phi) is 12.8. The molecule has 6 aromatic rings. The number of phenolic OH excluding ortho intramolecular Hbond substituents is 4. The van der Waals surface area contributed by atoms with Crippen LogP contribution in [0.2, 0.25) is 0 Å². The highest BCUT2D eigenvalue weighted by Gasteiger charge is 2.19. The summed E-state index contributed by atoms with van der Waals surface area (Å²) in [5.74, 6) is 4.89. The van der Waals surface area contributed by atoms with Gasteiger partial charge >= 0.3 is 0 Å². The number of rotatable bonds is 7. The van der Waals surface area contributed by atoms with Crippen molar-refractivity contribution in [2.75, 3.05) is 43.5 Å². The van der Waals surface area contributed by atoms with Gasteiger partial charge in [-0.3, -0.25) is 0 Å². The van der Waals surface area contributed by atoms with Gasteiger partial charge in [0.2, 0.25) is 27.2 Å². The van der Waals surface area contributed by atoms with E-state index in [4.69, 9.17) is 64.5 Å². The minimum atomic E-state index is -3.69. The van der Waals surface area contributed by atoms with Gasteiger partial charge in [0.1, 0.15) is 0 Å². The molecule has 4 aliphatic rings. The van der Waals surface area contributed by atoms with E-state index in [0.29, 0.717) is 56.3 Å². The lowest BCUT2D eigenvalue weighted by Crippen LogP contribution is -1.99. The highest BCUT2D eigenvalue weighted by Crippen LogP contribution is 2.37. The SMILES string of the molecule is Nc1ccc2c(c1)OCO2.O=S(=O)(Cl)c1ccc2c(c1)OCO2.Oc1ccc(CNc2ccc(O)c(O)c2)cc1O.c1cc2c(cc1CNc1ccc3c(c1)OCO3)OCO2. The van der Waals surface area contributed by atoms with Crippen molar-refractivity contribution in [1.29, 1.82) is 0 Å². The molecule has 0 spiro atoms. The summed E-state index contributed by atoms with van der Waals surface area (Å²) in [6.45, 7) is 2.13. The second-order valence-electron chi connectivity index (χ2n) is 13.1. The van der Waals surface area contributed by atoms with Crippen LogP contribution in [0, 0.1) is 0 Å². The lowest BCUT2D eigenvalue weighted by Gasteiger charge is -2.08. The maximum atomic E-state index is 10.9. The zero-order valence-corrected chi connectivity index (χ0v) is 33.4. The molecule has 19 heteroatoms. The fraction of sp³-hybridized carbons (Fsp3) is 0.143. The van der Waals surface area contributed by atoms with Crippen molar-refractivity contribution >= 4 is 36.8 Å². The van der Waals surface area contributed by atoms with Gasteiger partial charge in [0.25, 0.3) is 9.05 Å². The molecule has 318 valence electrons. The van der Waals surface area contributed by atoms with Gasteiger partial charge < -0.3 is 74.7 Å². The topological polar surface area (TPSA) is 239 Å². The van der Waals surface area contributed by atoms with Crippen LogP contribution >= 0.6 is 10.7 Å². The van der Waals surface area contributed by atoms with E-state index in [1.807, 2.05) is 36.4 Å². The quantitative estimate of drug-likeness (QED) is 0.0363. The first kappa shape index (κ1) is 41.7. The second-order valence-corrected chi connectivity index (χ2v) is 15.6. The Balaban J connectivity index is 0.000000126. The Bertz CT molecular complexity index is 2520. The molecule has 0 atom stereocenters. The van der Waals surface area contributed by atoms with E-state index in [1.165, 1.54) is 42.5 Å². The Labute approximate surface area is 353 Å². The molecule has 0 radical (unpaired) electrons. The van der Waals surface area contributed by atoms with Crippen molar-refractivity contribution in [2.45, 2.75) is 18.0 Å². The predicted octanol–water partition coefficient (Wildman–Crippen LogP) is 7.22. The van der Waals surface area contributed by atoms with Gasteiger partial charge in [-0.25, -0.2) is 8.42 Å². The molecule has 0 unspecified atom stereocenters. The summed E-state index contributed by atoms with van der Waals surface area (Å²) in [7, 11) is 1.45. The lowest BCUT2D eigenvalue weighted by atomic mass is 10.2. The second kappa shape index (κ2) is 18.6. The van der Waals surface area contributed by atoms with Gasteiger partial charge in [0, 0.05) is 65.1 Å². The number of benzene rings is 6. The third kappa shape index (κ3) is 11.0. The predicted molar refractivity (Wildman–Crippen MR) is 222 cm³/mol. The summed E-state index contributed by atoms with van der Waals surface area (Å²) in [5.41, 5.74) is 9.73. The van der Waals surface area contributed by atoms with Crippen LogP contribution in [0.5, 0.6) is 69.0 Å². The van der Waals surface area contributed by atoms with Crippen molar-refractivity contribution < 1.29 is 66.7 Å². The Morgan fingerprint density at radius 2 is 0.869 bits per heavy atom. The molecule has 6 aromatic carbocycles. The molecule has 0 saturated heterocycles. The number of anilines is 3. The first-order valence-corrected chi connectivity index (χ1v) is 20.5. The third-order valence-corrected chi connectivity index (χ3v) is 10.2. The van der Waals surface area contributed by atoms with Gasteiger partial charge in [-0.2, -0.15) is 0 Å². The molecular formula is C42H38ClN3O14S. The van der Waals surface area contributed by atoms with Crippen molar-refractivity contribution in [3.05, 3.63) is 120 Å². The fourth-order valence-electron chi connectivity index (χ4n) is 5.72. The molecule has 0 bridgehead atoms. The number of phenols is 4. The molecule has 4 aliphatic heterocycles. The molecule has 0 aliphatic carbocycles. The molecule has 10 rings (SSSR count). The molecule has 4 heterocycles.